The van der Waals surface area contributed by atoms with Gasteiger partial charge in [0.2, 0.25) is 0 Å². The molecule has 0 aliphatic heterocycles. The zero-order chi connectivity index (χ0) is 11.6. The highest BCUT2D eigenvalue weighted by Gasteiger charge is 2.19. The van der Waals surface area contributed by atoms with E-state index in [2.05, 4.69) is 0 Å². The number of hydrogen-bond acceptors (Lipinski definition) is 3. The summed E-state index contributed by atoms with van der Waals surface area (Å²) in [7, 11) is 0. The lowest BCUT2D eigenvalue weighted by Crippen LogP contribution is -2.02. The maximum Gasteiger partial charge on any atom is 0.339 e. The highest BCUT2D eigenvalue weighted by Crippen LogP contribution is 2.34. The van der Waals surface area contributed by atoms with Gasteiger partial charge in [-0.25, -0.2) is 4.79 Å². The summed E-state index contributed by atoms with van der Waals surface area (Å²) >= 11 is 0. The van der Waals surface area contributed by atoms with Crippen molar-refractivity contribution < 1.29 is 20.1 Å². The Hall–Kier alpha value is -1.71. The Morgan fingerprint density at radius 1 is 1.40 bits per heavy atom. The number of aryl methyl sites for hydroxylation is 1. The van der Waals surface area contributed by atoms with Crippen LogP contribution in [0.3, 0.4) is 0 Å². The van der Waals surface area contributed by atoms with Crippen LogP contribution in [0.25, 0.3) is 0 Å². The lowest BCUT2D eigenvalue weighted by Gasteiger charge is -2.11. The Bertz CT molecular complexity index is 396. The molecule has 0 bridgehead atoms. The minimum absolute atomic E-state index is 0.0446. The summed E-state index contributed by atoms with van der Waals surface area (Å²) in [5.74, 6) is -1.54. The number of phenols is 2. The third-order valence-electron chi connectivity index (χ3n) is 2.29. The second-order valence-corrected chi connectivity index (χ2v) is 3.47. The van der Waals surface area contributed by atoms with E-state index in [1.165, 1.54) is 6.07 Å². The molecule has 4 nitrogen and oxygen atoms in total. The normalized spacial score (nSPS) is 10.3. The number of phenolic OH excluding ortho intramolecular Hbond substituents is 1. The van der Waals surface area contributed by atoms with Crippen molar-refractivity contribution in [1.29, 1.82) is 0 Å². The van der Waals surface area contributed by atoms with E-state index in [1.54, 1.807) is 6.92 Å². The molecule has 1 aromatic rings. The molecule has 15 heavy (non-hydrogen) atoms. The molecule has 0 saturated heterocycles. The highest BCUT2D eigenvalue weighted by molar-refractivity contribution is 5.93. The van der Waals surface area contributed by atoms with Crippen molar-refractivity contribution in [2.75, 3.05) is 0 Å². The van der Waals surface area contributed by atoms with Gasteiger partial charge in [0.15, 0.2) is 0 Å². The Morgan fingerprint density at radius 3 is 2.47 bits per heavy atom. The van der Waals surface area contributed by atoms with E-state index in [1.807, 2.05) is 6.92 Å². The largest absolute Gasteiger partial charge is 0.508 e. The Balaban J connectivity index is 3.42. The number of benzene rings is 1. The van der Waals surface area contributed by atoms with E-state index >= 15 is 0 Å². The predicted molar refractivity (Wildman–Crippen MR) is 55.5 cm³/mol. The van der Waals surface area contributed by atoms with Crippen molar-refractivity contribution in [3.63, 3.8) is 0 Å². The smallest absolute Gasteiger partial charge is 0.339 e. The van der Waals surface area contributed by atoms with E-state index < -0.39 is 5.97 Å². The predicted octanol–water partition coefficient (Wildman–Crippen LogP) is 2.06. The van der Waals surface area contributed by atoms with E-state index in [9.17, 15) is 15.0 Å². The van der Waals surface area contributed by atoms with E-state index in [0.29, 0.717) is 17.5 Å². The van der Waals surface area contributed by atoms with Crippen molar-refractivity contribution in [2.45, 2.75) is 26.7 Å². The number of hydrogen-bond donors (Lipinski definition) is 3. The lowest BCUT2D eigenvalue weighted by molar-refractivity contribution is 0.0692. The molecule has 0 aliphatic carbocycles. The lowest BCUT2D eigenvalue weighted by atomic mass is 9.99. The van der Waals surface area contributed by atoms with Crippen LogP contribution in [0.15, 0.2) is 6.07 Å². The third-order valence-corrected chi connectivity index (χ3v) is 2.29. The molecule has 0 aromatic heterocycles. The molecule has 0 atom stereocenters. The number of carboxylic acids is 1. The molecule has 0 aliphatic rings. The highest BCUT2D eigenvalue weighted by atomic mass is 16.4. The van der Waals surface area contributed by atoms with Crippen LogP contribution in [0.1, 0.15) is 34.8 Å². The number of rotatable bonds is 3. The minimum Gasteiger partial charge on any atom is -0.508 e. The Labute approximate surface area is 87.8 Å². The Morgan fingerprint density at radius 2 is 2.00 bits per heavy atom. The van der Waals surface area contributed by atoms with E-state index in [4.69, 9.17) is 5.11 Å². The quantitative estimate of drug-likeness (QED) is 0.713. The standard InChI is InChI=1S/C11H14O4/c1-3-4-7-8(12)5-6(2)9(10(7)13)11(14)15/h5,12-13H,3-4H2,1-2H3,(H,14,15). The number of carbonyl (C=O) groups is 1. The number of aromatic carboxylic acids is 1. The summed E-state index contributed by atoms with van der Waals surface area (Å²) in [4.78, 5) is 10.9. The zero-order valence-corrected chi connectivity index (χ0v) is 8.74. The van der Waals surface area contributed by atoms with Gasteiger partial charge >= 0.3 is 5.97 Å². The maximum absolute atomic E-state index is 10.9. The van der Waals surface area contributed by atoms with Crippen LogP contribution in [-0.2, 0) is 6.42 Å². The van der Waals surface area contributed by atoms with Crippen molar-refractivity contribution in [3.8, 4) is 11.5 Å². The molecular formula is C11H14O4. The van der Waals surface area contributed by atoms with Gasteiger partial charge in [-0.1, -0.05) is 13.3 Å². The summed E-state index contributed by atoms with van der Waals surface area (Å²) < 4.78 is 0. The monoisotopic (exact) mass is 210 g/mol. The number of carboxylic acid groups (broad SMARTS) is 1. The third kappa shape index (κ3) is 2.03. The summed E-state index contributed by atoms with van der Waals surface area (Å²) in [6.45, 7) is 3.43. The molecule has 3 N–H and O–H groups in total. The fourth-order valence-electron chi connectivity index (χ4n) is 1.59. The topological polar surface area (TPSA) is 77.8 Å². The average molecular weight is 210 g/mol. The second kappa shape index (κ2) is 4.21. The molecule has 82 valence electrons. The van der Waals surface area contributed by atoms with Gasteiger partial charge in [0.25, 0.3) is 0 Å². The van der Waals surface area contributed by atoms with Crippen LogP contribution in [0, 0.1) is 6.92 Å². The van der Waals surface area contributed by atoms with Gasteiger partial charge in [0.1, 0.15) is 17.1 Å². The molecule has 4 heteroatoms. The first kappa shape index (κ1) is 11.4. The summed E-state index contributed by atoms with van der Waals surface area (Å²) in [6, 6.07) is 1.37. The van der Waals surface area contributed by atoms with Gasteiger partial charge in [0, 0.05) is 5.56 Å². The van der Waals surface area contributed by atoms with Gasteiger partial charge in [-0.2, -0.15) is 0 Å². The van der Waals surface area contributed by atoms with Crippen molar-refractivity contribution in [3.05, 3.63) is 22.8 Å². The molecule has 0 radical (unpaired) electrons. The molecule has 0 heterocycles. The van der Waals surface area contributed by atoms with Gasteiger partial charge < -0.3 is 15.3 Å². The first-order chi connectivity index (χ1) is 6.99. The molecule has 1 rings (SSSR count). The fraction of sp³-hybridized carbons (Fsp3) is 0.364. The van der Waals surface area contributed by atoms with Gasteiger partial charge in [-0.15, -0.1) is 0 Å². The SMILES string of the molecule is CCCc1c(O)cc(C)c(C(=O)O)c1O. The molecule has 0 saturated carbocycles. The van der Waals surface area contributed by atoms with Gasteiger partial charge in [-0.05, 0) is 25.0 Å². The zero-order valence-electron chi connectivity index (χ0n) is 8.74. The van der Waals surface area contributed by atoms with Crippen molar-refractivity contribution in [2.24, 2.45) is 0 Å². The summed E-state index contributed by atoms with van der Waals surface area (Å²) in [6.07, 6.45) is 1.18. The van der Waals surface area contributed by atoms with Crippen LogP contribution < -0.4 is 0 Å². The van der Waals surface area contributed by atoms with Gasteiger partial charge in [0.05, 0.1) is 0 Å². The van der Waals surface area contributed by atoms with Gasteiger partial charge in [-0.3, -0.25) is 0 Å². The number of aromatic hydroxyl groups is 2. The summed E-state index contributed by atoms with van der Waals surface area (Å²) in [5.41, 5.74) is 0.536. The molecule has 0 amide bonds. The van der Waals surface area contributed by atoms with Crippen LogP contribution in [0.2, 0.25) is 0 Å². The average Bonchev–Trinajstić information content (AvgIpc) is 2.11. The minimum atomic E-state index is -1.18. The molecule has 0 spiro atoms. The maximum atomic E-state index is 10.9. The van der Waals surface area contributed by atoms with Crippen LogP contribution in [-0.4, -0.2) is 21.3 Å². The Kier molecular flexibility index (Phi) is 3.19. The molecule has 1 aromatic carbocycles. The van der Waals surface area contributed by atoms with Crippen LogP contribution >= 0.6 is 0 Å². The first-order valence-corrected chi connectivity index (χ1v) is 4.76. The van der Waals surface area contributed by atoms with E-state index in [-0.39, 0.29) is 17.1 Å². The van der Waals surface area contributed by atoms with Crippen LogP contribution in [0.4, 0.5) is 0 Å². The fourth-order valence-corrected chi connectivity index (χ4v) is 1.59. The van der Waals surface area contributed by atoms with Crippen LogP contribution in [0.5, 0.6) is 11.5 Å². The molecule has 0 fully saturated rings. The van der Waals surface area contributed by atoms with Crippen molar-refractivity contribution >= 4 is 5.97 Å². The molecule has 0 unspecified atom stereocenters. The van der Waals surface area contributed by atoms with Crippen molar-refractivity contribution in [1.82, 2.24) is 0 Å². The second-order valence-electron chi connectivity index (χ2n) is 3.47. The van der Waals surface area contributed by atoms with E-state index in [0.717, 1.165) is 6.42 Å². The summed E-state index contributed by atoms with van der Waals surface area (Å²) in [5, 5.41) is 28.2. The molecular weight excluding hydrogens is 196 g/mol. The first-order valence-electron chi connectivity index (χ1n) is 4.76.